The molecule has 3 aromatic rings. The molecular formula is C17H17N3O6S2. The number of ether oxygens (including phenoxy) is 3. The lowest BCUT2D eigenvalue weighted by Crippen LogP contribution is -2.11. The molecule has 0 fully saturated rings. The number of thiophene rings is 1. The number of hydrogen-bond donors (Lipinski definition) is 2. The molecule has 3 rings (SSSR count). The molecule has 0 saturated carbocycles. The first-order chi connectivity index (χ1) is 13.4. The predicted octanol–water partition coefficient (Wildman–Crippen LogP) is 2.33. The van der Waals surface area contributed by atoms with Gasteiger partial charge in [-0.05, 0) is 18.2 Å². The Balaban J connectivity index is 1.92. The Labute approximate surface area is 165 Å². The Bertz CT molecular complexity index is 1110. The first-order valence-electron chi connectivity index (χ1n) is 7.86. The van der Waals surface area contributed by atoms with Crippen molar-refractivity contribution in [2.75, 3.05) is 26.1 Å². The quantitative estimate of drug-likeness (QED) is 0.598. The third-order valence-corrected chi connectivity index (χ3v) is 6.68. The van der Waals surface area contributed by atoms with Crippen LogP contribution in [0.15, 0.2) is 45.4 Å². The number of sulfonamides is 1. The van der Waals surface area contributed by atoms with E-state index in [-0.39, 0.29) is 15.5 Å². The van der Waals surface area contributed by atoms with Crippen LogP contribution in [0.2, 0.25) is 0 Å². The molecule has 9 nitrogen and oxygen atoms in total. The summed E-state index contributed by atoms with van der Waals surface area (Å²) in [6.07, 6.45) is 0. The lowest BCUT2D eigenvalue weighted by molar-refractivity contribution is 0.325. The maximum Gasteiger partial charge on any atom is 0.271 e. The normalized spacial score (nSPS) is 11.1. The van der Waals surface area contributed by atoms with Gasteiger partial charge in [-0.25, -0.2) is 13.5 Å². The molecule has 0 bridgehead atoms. The molecule has 148 valence electrons. The average Bonchev–Trinajstić information content (AvgIpc) is 3.18. The van der Waals surface area contributed by atoms with Crippen LogP contribution in [0.25, 0.3) is 10.6 Å². The van der Waals surface area contributed by atoms with Gasteiger partial charge in [-0.1, -0.05) is 0 Å². The molecule has 0 spiro atoms. The Morgan fingerprint density at radius 1 is 1.00 bits per heavy atom. The van der Waals surface area contributed by atoms with Gasteiger partial charge in [0.15, 0.2) is 11.5 Å². The average molecular weight is 423 g/mol. The number of nitrogens with zero attached hydrogens (tertiary/aromatic N) is 1. The van der Waals surface area contributed by atoms with Gasteiger partial charge >= 0.3 is 0 Å². The number of benzene rings is 1. The number of aromatic amines is 1. The first kappa shape index (κ1) is 19.7. The number of H-pyrrole nitrogens is 1. The van der Waals surface area contributed by atoms with Crippen LogP contribution in [0.5, 0.6) is 17.2 Å². The topological polar surface area (TPSA) is 120 Å². The summed E-state index contributed by atoms with van der Waals surface area (Å²) in [6, 6.07) is 8.92. The number of methoxy groups -OCH3 is 3. The van der Waals surface area contributed by atoms with Crippen LogP contribution in [0.1, 0.15) is 0 Å². The number of aromatic nitrogens is 2. The van der Waals surface area contributed by atoms with Crippen molar-refractivity contribution in [2.45, 2.75) is 4.21 Å². The summed E-state index contributed by atoms with van der Waals surface area (Å²) in [6.45, 7) is 0. The summed E-state index contributed by atoms with van der Waals surface area (Å²) in [5.41, 5.74) is 0.391. The zero-order valence-electron chi connectivity index (χ0n) is 15.2. The van der Waals surface area contributed by atoms with Crippen LogP contribution in [-0.4, -0.2) is 39.9 Å². The van der Waals surface area contributed by atoms with Gasteiger partial charge in [0.2, 0.25) is 5.75 Å². The van der Waals surface area contributed by atoms with Crippen molar-refractivity contribution >= 4 is 27.0 Å². The molecule has 0 atom stereocenters. The van der Waals surface area contributed by atoms with E-state index in [1.165, 1.54) is 51.7 Å². The Morgan fingerprint density at radius 3 is 2.21 bits per heavy atom. The third-order valence-electron chi connectivity index (χ3n) is 3.69. The highest BCUT2D eigenvalue weighted by Gasteiger charge is 2.21. The Kier molecular flexibility index (Phi) is 5.56. The summed E-state index contributed by atoms with van der Waals surface area (Å²) < 4.78 is 43.8. The summed E-state index contributed by atoms with van der Waals surface area (Å²) in [5.74, 6) is 1.00. The van der Waals surface area contributed by atoms with Crippen LogP contribution in [0, 0.1) is 0 Å². The van der Waals surface area contributed by atoms with Crippen LogP contribution in [0.4, 0.5) is 5.69 Å². The zero-order chi connectivity index (χ0) is 20.3. The van der Waals surface area contributed by atoms with Gasteiger partial charge in [0.1, 0.15) is 9.90 Å². The van der Waals surface area contributed by atoms with E-state index in [1.807, 2.05) is 0 Å². The van der Waals surface area contributed by atoms with E-state index in [0.717, 1.165) is 11.3 Å². The van der Waals surface area contributed by atoms with Crippen LogP contribution >= 0.6 is 11.3 Å². The molecule has 2 N–H and O–H groups in total. The van der Waals surface area contributed by atoms with Crippen molar-refractivity contribution < 1.29 is 22.6 Å². The fourth-order valence-electron chi connectivity index (χ4n) is 2.43. The van der Waals surface area contributed by atoms with E-state index in [1.54, 1.807) is 6.07 Å². The molecule has 0 unspecified atom stereocenters. The summed E-state index contributed by atoms with van der Waals surface area (Å²) in [5, 5.41) is 6.22. The smallest absolute Gasteiger partial charge is 0.271 e. The molecule has 0 amide bonds. The van der Waals surface area contributed by atoms with E-state index in [2.05, 4.69) is 14.9 Å². The highest BCUT2D eigenvalue weighted by atomic mass is 32.2. The van der Waals surface area contributed by atoms with Crippen molar-refractivity contribution in [3.63, 3.8) is 0 Å². The van der Waals surface area contributed by atoms with Gasteiger partial charge in [0.05, 0.1) is 31.9 Å². The number of hydrogen-bond acceptors (Lipinski definition) is 8. The molecule has 11 heteroatoms. The standard InChI is InChI=1S/C17H17N3O6S2/c1-24-12-8-10(9-13(25-2)17(12)26-3)20-28(22,23)16-7-5-14(27-16)11-4-6-15(21)19-18-11/h4-9,20H,1-3H3,(H,19,21). The van der Waals surface area contributed by atoms with Crippen LogP contribution in [-0.2, 0) is 10.0 Å². The monoisotopic (exact) mass is 423 g/mol. The second-order valence-electron chi connectivity index (χ2n) is 5.44. The molecule has 2 aromatic heterocycles. The van der Waals surface area contributed by atoms with E-state index in [4.69, 9.17) is 14.2 Å². The van der Waals surface area contributed by atoms with E-state index >= 15 is 0 Å². The van der Waals surface area contributed by atoms with Gasteiger partial charge in [0, 0.05) is 18.2 Å². The SMILES string of the molecule is COc1cc(NS(=O)(=O)c2ccc(-c3ccc(=O)[nH]n3)s2)cc(OC)c1OC. The third kappa shape index (κ3) is 3.94. The Morgan fingerprint density at radius 2 is 1.68 bits per heavy atom. The molecule has 1 aromatic carbocycles. The molecule has 0 aliphatic heterocycles. The van der Waals surface area contributed by atoms with Crippen molar-refractivity contribution in [1.29, 1.82) is 0 Å². The molecule has 0 saturated heterocycles. The fraction of sp³-hybridized carbons (Fsp3) is 0.176. The summed E-state index contributed by atoms with van der Waals surface area (Å²) in [4.78, 5) is 11.7. The van der Waals surface area contributed by atoms with Gasteiger partial charge < -0.3 is 14.2 Å². The van der Waals surface area contributed by atoms with Crippen molar-refractivity contribution in [3.8, 4) is 27.8 Å². The maximum atomic E-state index is 12.8. The van der Waals surface area contributed by atoms with Crippen LogP contribution < -0.4 is 24.5 Å². The minimum absolute atomic E-state index is 0.0873. The maximum absolute atomic E-state index is 12.8. The van der Waals surface area contributed by atoms with E-state index in [0.29, 0.717) is 27.8 Å². The minimum atomic E-state index is -3.86. The second-order valence-corrected chi connectivity index (χ2v) is 8.44. The molecule has 2 heterocycles. The molecule has 0 aliphatic carbocycles. The van der Waals surface area contributed by atoms with Crippen molar-refractivity contribution in [2.24, 2.45) is 0 Å². The molecular weight excluding hydrogens is 406 g/mol. The summed E-state index contributed by atoms with van der Waals surface area (Å²) in [7, 11) is 0.485. The number of rotatable bonds is 7. The highest BCUT2D eigenvalue weighted by Crippen LogP contribution is 2.40. The molecule has 0 aliphatic rings. The van der Waals surface area contributed by atoms with Crippen molar-refractivity contribution in [3.05, 3.63) is 46.8 Å². The van der Waals surface area contributed by atoms with Gasteiger partial charge in [-0.2, -0.15) is 5.10 Å². The lowest BCUT2D eigenvalue weighted by atomic mass is 10.2. The second kappa shape index (κ2) is 7.90. The highest BCUT2D eigenvalue weighted by molar-refractivity contribution is 7.94. The number of nitrogens with one attached hydrogen (secondary N) is 2. The first-order valence-corrected chi connectivity index (χ1v) is 10.2. The molecule has 0 radical (unpaired) electrons. The largest absolute Gasteiger partial charge is 0.493 e. The molecule has 28 heavy (non-hydrogen) atoms. The number of anilines is 1. The van der Waals surface area contributed by atoms with Gasteiger partial charge in [-0.15, -0.1) is 11.3 Å². The van der Waals surface area contributed by atoms with E-state index in [9.17, 15) is 13.2 Å². The van der Waals surface area contributed by atoms with Crippen LogP contribution in [0.3, 0.4) is 0 Å². The van der Waals surface area contributed by atoms with E-state index < -0.39 is 10.0 Å². The fourth-order valence-corrected chi connectivity index (χ4v) is 4.75. The summed E-state index contributed by atoms with van der Waals surface area (Å²) >= 11 is 1.02. The lowest BCUT2D eigenvalue weighted by Gasteiger charge is -2.14. The van der Waals surface area contributed by atoms with Crippen molar-refractivity contribution in [1.82, 2.24) is 10.2 Å². The zero-order valence-corrected chi connectivity index (χ0v) is 16.8. The Hall–Kier alpha value is -3.05. The van der Waals surface area contributed by atoms with Gasteiger partial charge in [-0.3, -0.25) is 9.52 Å². The van der Waals surface area contributed by atoms with Gasteiger partial charge in [0.25, 0.3) is 15.6 Å². The predicted molar refractivity (Wildman–Crippen MR) is 105 cm³/mol. The minimum Gasteiger partial charge on any atom is -0.493 e.